The lowest BCUT2D eigenvalue weighted by atomic mass is 10.0. The summed E-state index contributed by atoms with van der Waals surface area (Å²) in [5, 5.41) is 7.17. The van der Waals surface area contributed by atoms with Crippen LogP contribution in [0.1, 0.15) is 17.9 Å². The van der Waals surface area contributed by atoms with E-state index in [-0.39, 0.29) is 0 Å². The molecule has 0 aromatic heterocycles. The first-order valence-electron chi connectivity index (χ1n) is 11.5. The lowest BCUT2D eigenvalue weighted by molar-refractivity contribution is 0.0820. The highest BCUT2D eigenvalue weighted by molar-refractivity contribution is 5.49. The van der Waals surface area contributed by atoms with E-state index in [2.05, 4.69) is 75.0 Å². The van der Waals surface area contributed by atoms with Gasteiger partial charge in [-0.3, -0.25) is 4.90 Å². The van der Waals surface area contributed by atoms with Crippen LogP contribution in [0.3, 0.4) is 0 Å². The fraction of sp³-hybridized carbons (Fsp3) is 0.520. The molecular weight excluding hydrogens is 372 g/mol. The summed E-state index contributed by atoms with van der Waals surface area (Å²) in [5.74, 6) is 2.50. The van der Waals surface area contributed by atoms with Gasteiger partial charge in [-0.05, 0) is 42.2 Å². The van der Waals surface area contributed by atoms with E-state index in [1.54, 1.807) is 0 Å². The van der Waals surface area contributed by atoms with Gasteiger partial charge in [0.2, 0.25) is 0 Å². The molecule has 2 aromatic rings. The quantitative estimate of drug-likeness (QED) is 0.670. The van der Waals surface area contributed by atoms with Gasteiger partial charge in [0, 0.05) is 70.0 Å². The van der Waals surface area contributed by atoms with Crippen LogP contribution in [0.4, 0.5) is 5.69 Å². The predicted octanol–water partition coefficient (Wildman–Crippen LogP) is 2.55. The van der Waals surface area contributed by atoms with Crippen LogP contribution in [0.2, 0.25) is 0 Å². The van der Waals surface area contributed by atoms with Crippen molar-refractivity contribution in [2.45, 2.75) is 18.4 Å². The van der Waals surface area contributed by atoms with Gasteiger partial charge in [0.15, 0.2) is 0 Å². The van der Waals surface area contributed by atoms with Gasteiger partial charge in [0.1, 0.15) is 12.4 Å². The zero-order valence-corrected chi connectivity index (χ0v) is 17.8. The molecule has 5 nitrogen and oxygen atoms in total. The molecule has 0 unspecified atom stereocenters. The van der Waals surface area contributed by atoms with Gasteiger partial charge in [0.25, 0.3) is 0 Å². The molecule has 2 atom stereocenters. The number of nitrogens with zero attached hydrogens (tertiary/aromatic N) is 2. The number of hydrogen-bond donors (Lipinski definition) is 2. The fourth-order valence-corrected chi connectivity index (χ4v) is 4.76. The minimum Gasteiger partial charge on any atom is -0.492 e. The third kappa shape index (κ3) is 4.97. The highest BCUT2D eigenvalue weighted by atomic mass is 16.5. The first kappa shape index (κ1) is 19.9. The van der Waals surface area contributed by atoms with Crippen LogP contribution in [-0.2, 0) is 0 Å². The van der Waals surface area contributed by atoms with Crippen molar-refractivity contribution < 1.29 is 4.74 Å². The average molecular weight is 407 g/mol. The first-order chi connectivity index (χ1) is 14.8. The second-order valence-corrected chi connectivity index (χ2v) is 8.97. The van der Waals surface area contributed by atoms with Crippen molar-refractivity contribution in [3.8, 4) is 5.75 Å². The molecule has 0 amide bonds. The zero-order chi connectivity index (χ0) is 20.2. The van der Waals surface area contributed by atoms with E-state index in [9.17, 15) is 0 Å². The fourth-order valence-electron chi connectivity index (χ4n) is 4.76. The molecule has 2 N–H and O–H groups in total. The van der Waals surface area contributed by atoms with E-state index in [0.29, 0.717) is 6.04 Å². The van der Waals surface area contributed by atoms with Gasteiger partial charge in [-0.15, -0.1) is 0 Å². The lowest BCUT2D eigenvalue weighted by Gasteiger charge is -2.39. The summed E-state index contributed by atoms with van der Waals surface area (Å²) >= 11 is 0. The van der Waals surface area contributed by atoms with E-state index >= 15 is 0 Å². The maximum atomic E-state index is 5.97. The molecule has 160 valence electrons. The highest BCUT2D eigenvalue weighted by Crippen LogP contribution is 2.40. The number of ether oxygens (including phenoxy) is 1. The summed E-state index contributed by atoms with van der Waals surface area (Å²) in [6.07, 6.45) is 1.29. The molecule has 2 aliphatic heterocycles. The summed E-state index contributed by atoms with van der Waals surface area (Å²) in [5.41, 5.74) is 2.79. The largest absolute Gasteiger partial charge is 0.492 e. The molecule has 30 heavy (non-hydrogen) atoms. The lowest BCUT2D eigenvalue weighted by Crippen LogP contribution is -2.52. The third-order valence-electron chi connectivity index (χ3n) is 6.71. The first-order valence-corrected chi connectivity index (χ1v) is 11.5. The summed E-state index contributed by atoms with van der Waals surface area (Å²) in [4.78, 5) is 4.93. The Kier molecular flexibility index (Phi) is 6.21. The van der Waals surface area contributed by atoms with Gasteiger partial charge in [-0.25, -0.2) is 0 Å². The Bertz CT molecular complexity index is 785. The Morgan fingerprint density at radius 3 is 2.50 bits per heavy atom. The van der Waals surface area contributed by atoms with Gasteiger partial charge in [-0.1, -0.05) is 30.3 Å². The van der Waals surface area contributed by atoms with Crippen LogP contribution in [-0.4, -0.2) is 69.9 Å². The molecule has 1 saturated carbocycles. The molecule has 2 heterocycles. The molecule has 5 heteroatoms. The van der Waals surface area contributed by atoms with E-state index in [4.69, 9.17) is 4.74 Å². The number of piperazine rings is 1. The number of anilines is 1. The second-order valence-electron chi connectivity index (χ2n) is 8.97. The van der Waals surface area contributed by atoms with Crippen LogP contribution >= 0.6 is 0 Å². The number of likely N-dealkylation sites (tertiary alicyclic amines) is 1. The normalized spacial score (nSPS) is 24.5. The standard InChI is InChI=1S/C25H34N4O/c1-2-4-21(5-3-1)24-16-25(24)27-17-20-18-28(19-20)14-15-30-23-8-6-22(7-9-23)29-12-10-26-11-13-29/h1-9,20,24-27H,10-19H2/t24-,25+/m0/s1. The molecule has 5 rings (SSSR count). The Balaban J connectivity index is 0.946. The minimum atomic E-state index is 0.689. The van der Waals surface area contributed by atoms with Crippen molar-refractivity contribution >= 4 is 5.69 Å². The van der Waals surface area contributed by atoms with E-state index in [0.717, 1.165) is 63.5 Å². The second kappa shape index (κ2) is 9.38. The molecule has 1 aliphatic carbocycles. The number of rotatable bonds is 9. The molecule has 0 radical (unpaired) electrons. The summed E-state index contributed by atoms with van der Waals surface area (Å²) in [6.45, 7) is 9.63. The van der Waals surface area contributed by atoms with E-state index < -0.39 is 0 Å². The number of hydrogen-bond acceptors (Lipinski definition) is 5. The Morgan fingerprint density at radius 1 is 0.967 bits per heavy atom. The summed E-state index contributed by atoms with van der Waals surface area (Å²) in [6, 6.07) is 20.2. The summed E-state index contributed by atoms with van der Waals surface area (Å²) < 4.78 is 5.97. The molecule has 3 aliphatic rings. The van der Waals surface area contributed by atoms with Crippen molar-refractivity contribution in [2.75, 3.05) is 63.9 Å². The molecule has 2 aromatic carbocycles. The SMILES string of the molecule is c1ccc([C@@H]2C[C@H]2NCC2CN(CCOc3ccc(N4CCNCC4)cc3)C2)cc1. The maximum absolute atomic E-state index is 5.97. The van der Waals surface area contributed by atoms with Crippen LogP contribution in [0.25, 0.3) is 0 Å². The van der Waals surface area contributed by atoms with Crippen molar-refractivity contribution in [1.29, 1.82) is 0 Å². The Hall–Kier alpha value is -2.08. The van der Waals surface area contributed by atoms with Gasteiger partial charge >= 0.3 is 0 Å². The Morgan fingerprint density at radius 2 is 1.73 bits per heavy atom. The predicted molar refractivity (Wildman–Crippen MR) is 123 cm³/mol. The molecule has 0 bridgehead atoms. The van der Waals surface area contributed by atoms with Crippen LogP contribution in [0.5, 0.6) is 5.75 Å². The van der Waals surface area contributed by atoms with Crippen LogP contribution in [0, 0.1) is 5.92 Å². The summed E-state index contributed by atoms with van der Waals surface area (Å²) in [7, 11) is 0. The van der Waals surface area contributed by atoms with Gasteiger partial charge in [0.05, 0.1) is 0 Å². The highest BCUT2D eigenvalue weighted by Gasteiger charge is 2.38. The van der Waals surface area contributed by atoms with Crippen molar-refractivity contribution in [3.63, 3.8) is 0 Å². The van der Waals surface area contributed by atoms with Crippen molar-refractivity contribution in [1.82, 2.24) is 15.5 Å². The average Bonchev–Trinajstić information content (AvgIpc) is 3.56. The van der Waals surface area contributed by atoms with Crippen LogP contribution in [0.15, 0.2) is 54.6 Å². The van der Waals surface area contributed by atoms with Gasteiger partial charge < -0.3 is 20.3 Å². The zero-order valence-electron chi connectivity index (χ0n) is 17.8. The molecule has 2 saturated heterocycles. The third-order valence-corrected chi connectivity index (χ3v) is 6.71. The van der Waals surface area contributed by atoms with E-state index in [1.165, 1.54) is 30.8 Å². The smallest absolute Gasteiger partial charge is 0.119 e. The van der Waals surface area contributed by atoms with E-state index in [1.807, 2.05) is 0 Å². The minimum absolute atomic E-state index is 0.689. The van der Waals surface area contributed by atoms with Crippen molar-refractivity contribution in [2.24, 2.45) is 5.92 Å². The molecule has 3 fully saturated rings. The molecular formula is C25H34N4O. The van der Waals surface area contributed by atoms with Crippen LogP contribution < -0.4 is 20.3 Å². The number of benzene rings is 2. The molecule has 0 spiro atoms. The monoisotopic (exact) mass is 406 g/mol. The topological polar surface area (TPSA) is 39.8 Å². The maximum Gasteiger partial charge on any atom is 0.119 e. The van der Waals surface area contributed by atoms with Crippen molar-refractivity contribution in [3.05, 3.63) is 60.2 Å². The van der Waals surface area contributed by atoms with Gasteiger partial charge in [-0.2, -0.15) is 0 Å². The number of nitrogens with one attached hydrogen (secondary N) is 2. The Labute approximate surface area is 180 Å².